The summed E-state index contributed by atoms with van der Waals surface area (Å²) in [6.45, 7) is 1.96. The van der Waals surface area contributed by atoms with Crippen LogP contribution in [0.1, 0.15) is 48.8 Å². The molecule has 2 N–H and O–H groups in total. The summed E-state index contributed by atoms with van der Waals surface area (Å²) >= 11 is 0. The van der Waals surface area contributed by atoms with Crippen LogP contribution in [0.5, 0.6) is 11.5 Å². The summed E-state index contributed by atoms with van der Waals surface area (Å²) < 4.78 is 11.7. The summed E-state index contributed by atoms with van der Waals surface area (Å²) in [5, 5.41) is 23.3. The molecule has 7 rings (SSSR count). The first-order valence-corrected chi connectivity index (χ1v) is 12.9. The van der Waals surface area contributed by atoms with Gasteiger partial charge in [-0.3, -0.25) is 9.69 Å². The van der Waals surface area contributed by atoms with Gasteiger partial charge in [-0.25, -0.2) is 0 Å². The van der Waals surface area contributed by atoms with Crippen LogP contribution in [0.4, 0.5) is 0 Å². The lowest BCUT2D eigenvalue weighted by molar-refractivity contribution is -0.200. The number of aliphatic hydroxyl groups is 1. The van der Waals surface area contributed by atoms with Crippen LogP contribution in [-0.4, -0.2) is 69.8 Å². The third-order valence-electron chi connectivity index (χ3n) is 9.54. The van der Waals surface area contributed by atoms with E-state index in [1.165, 1.54) is 18.4 Å². The largest absolute Gasteiger partial charge is 0.504 e. The lowest BCUT2D eigenvalue weighted by Gasteiger charge is -2.64. The van der Waals surface area contributed by atoms with E-state index in [1.807, 2.05) is 19.2 Å². The molecule has 5 aliphatic rings. The fourth-order valence-electron chi connectivity index (χ4n) is 7.67. The Morgan fingerprint density at radius 2 is 2.11 bits per heavy atom. The molecule has 1 unspecified atom stereocenters. The van der Waals surface area contributed by atoms with Crippen molar-refractivity contribution in [1.29, 1.82) is 0 Å². The SMILES string of the molecule is CN(C(=O)/C=C/c1ccoc1)C1CC[C@]2(O)[C@@H]3Cc4ccc(O)c5c4[C@@]2(CCN3CC2CC2)[C@H]1O5. The van der Waals surface area contributed by atoms with Gasteiger partial charge < -0.3 is 24.3 Å². The minimum Gasteiger partial charge on any atom is -0.504 e. The molecule has 3 heterocycles. The Bertz CT molecular complexity index is 1200. The summed E-state index contributed by atoms with van der Waals surface area (Å²) in [7, 11) is 1.82. The standard InChI is InChI=1S/C28H32N2O5/c1-29(23(32)7-4-18-9-13-34-16-18)20-8-10-28(33)22-14-19-5-6-21(31)25-24(19)27(28,26(20)35-25)11-12-30(22)15-17-2-3-17/h4-7,9,13,16-17,20,22,26,31,33H,2-3,8,10-12,14-15H2,1H3/b7-4+/t20?,22-,26-,27-,28-/m0/s1. The lowest BCUT2D eigenvalue weighted by Crippen LogP contribution is -2.78. The molecule has 2 saturated carbocycles. The monoisotopic (exact) mass is 476 g/mol. The van der Waals surface area contributed by atoms with E-state index in [-0.39, 0.29) is 23.7 Å². The van der Waals surface area contributed by atoms with Crippen LogP contribution in [-0.2, 0) is 16.6 Å². The number of likely N-dealkylation sites (tertiary alicyclic amines) is 1. The molecule has 1 saturated heterocycles. The first-order valence-electron chi connectivity index (χ1n) is 12.9. The maximum atomic E-state index is 13.2. The molecular weight excluding hydrogens is 444 g/mol. The lowest BCUT2D eigenvalue weighted by atomic mass is 9.48. The van der Waals surface area contributed by atoms with Crippen LogP contribution < -0.4 is 4.74 Å². The van der Waals surface area contributed by atoms with Crippen molar-refractivity contribution in [2.45, 2.75) is 67.7 Å². The smallest absolute Gasteiger partial charge is 0.246 e. The second-order valence-corrected chi connectivity index (χ2v) is 11.2. The molecule has 2 aromatic rings. The van der Waals surface area contributed by atoms with Gasteiger partial charge in [0, 0.05) is 36.8 Å². The molecule has 1 aromatic heterocycles. The van der Waals surface area contributed by atoms with Crippen molar-refractivity contribution in [3.8, 4) is 11.5 Å². The summed E-state index contributed by atoms with van der Waals surface area (Å²) in [4.78, 5) is 17.5. The number of piperidine rings is 1. The number of hydrogen-bond donors (Lipinski definition) is 2. The number of nitrogens with zero attached hydrogens (tertiary/aromatic N) is 2. The van der Waals surface area contributed by atoms with Crippen LogP contribution in [0.25, 0.3) is 6.08 Å². The van der Waals surface area contributed by atoms with Gasteiger partial charge in [-0.1, -0.05) is 6.07 Å². The number of carbonyl (C=O) groups is 1. The number of phenols is 1. The van der Waals surface area contributed by atoms with Gasteiger partial charge in [0.05, 0.1) is 29.6 Å². The number of likely N-dealkylation sites (N-methyl/N-ethyl adjacent to an activating group) is 1. The van der Waals surface area contributed by atoms with E-state index in [1.54, 1.807) is 35.6 Å². The summed E-state index contributed by atoms with van der Waals surface area (Å²) in [5.74, 6) is 1.28. The van der Waals surface area contributed by atoms with Gasteiger partial charge in [0.2, 0.25) is 5.91 Å². The van der Waals surface area contributed by atoms with E-state index >= 15 is 0 Å². The third-order valence-corrected chi connectivity index (χ3v) is 9.54. The maximum absolute atomic E-state index is 13.2. The Kier molecular flexibility index (Phi) is 4.53. The van der Waals surface area contributed by atoms with Crippen molar-refractivity contribution in [3.05, 3.63) is 53.5 Å². The van der Waals surface area contributed by atoms with Gasteiger partial charge in [0.1, 0.15) is 6.10 Å². The van der Waals surface area contributed by atoms with Crippen molar-refractivity contribution in [1.82, 2.24) is 9.80 Å². The topological polar surface area (TPSA) is 86.4 Å². The van der Waals surface area contributed by atoms with Crippen LogP contribution >= 0.6 is 0 Å². The highest BCUT2D eigenvalue weighted by Gasteiger charge is 2.73. The molecule has 7 nitrogen and oxygen atoms in total. The van der Waals surface area contributed by atoms with Crippen LogP contribution in [0.2, 0.25) is 0 Å². The molecular formula is C28H32N2O5. The van der Waals surface area contributed by atoms with Crippen LogP contribution in [0.15, 0.2) is 41.2 Å². The average Bonchev–Trinajstić information content (AvgIpc) is 3.36. The Balaban J connectivity index is 1.28. The molecule has 2 aliphatic heterocycles. The molecule has 0 radical (unpaired) electrons. The molecule has 35 heavy (non-hydrogen) atoms. The van der Waals surface area contributed by atoms with Gasteiger partial charge in [0.15, 0.2) is 11.5 Å². The van der Waals surface area contributed by atoms with E-state index in [0.29, 0.717) is 18.6 Å². The number of amides is 1. The summed E-state index contributed by atoms with van der Waals surface area (Å²) in [6.07, 6.45) is 11.5. The zero-order valence-electron chi connectivity index (χ0n) is 20.0. The number of phenolic OH excluding ortho intramolecular Hbond substituents is 1. The number of benzene rings is 1. The number of aromatic hydroxyl groups is 1. The predicted octanol–water partition coefficient (Wildman–Crippen LogP) is 3.09. The summed E-state index contributed by atoms with van der Waals surface area (Å²) in [5.41, 5.74) is 1.44. The minimum atomic E-state index is -0.941. The fourth-order valence-corrected chi connectivity index (χ4v) is 7.67. The number of hydrogen-bond acceptors (Lipinski definition) is 6. The highest BCUT2D eigenvalue weighted by Crippen LogP contribution is 2.66. The van der Waals surface area contributed by atoms with Crippen molar-refractivity contribution in [2.24, 2.45) is 5.92 Å². The molecule has 7 heteroatoms. The Morgan fingerprint density at radius 1 is 1.26 bits per heavy atom. The third kappa shape index (κ3) is 2.88. The van der Waals surface area contributed by atoms with Gasteiger partial charge in [-0.2, -0.15) is 0 Å². The summed E-state index contributed by atoms with van der Waals surface area (Å²) in [6, 6.07) is 5.38. The average molecular weight is 477 g/mol. The molecule has 5 atom stereocenters. The van der Waals surface area contributed by atoms with Gasteiger partial charge in [-0.05, 0) is 74.8 Å². The van der Waals surface area contributed by atoms with Gasteiger partial charge >= 0.3 is 0 Å². The molecule has 2 bridgehead atoms. The first-order chi connectivity index (χ1) is 16.9. The van der Waals surface area contributed by atoms with Crippen LogP contribution in [0.3, 0.4) is 0 Å². The van der Waals surface area contributed by atoms with Crippen molar-refractivity contribution >= 4 is 12.0 Å². The van der Waals surface area contributed by atoms with Gasteiger partial charge in [-0.15, -0.1) is 0 Å². The predicted molar refractivity (Wildman–Crippen MR) is 129 cm³/mol. The Morgan fingerprint density at radius 3 is 2.89 bits per heavy atom. The van der Waals surface area contributed by atoms with E-state index in [2.05, 4.69) is 4.90 Å². The van der Waals surface area contributed by atoms with Crippen LogP contribution in [0, 0.1) is 5.92 Å². The van der Waals surface area contributed by atoms with Crippen molar-refractivity contribution in [2.75, 3.05) is 20.1 Å². The minimum absolute atomic E-state index is 0.0360. The highest BCUT2D eigenvalue weighted by atomic mass is 16.5. The second kappa shape index (κ2) is 7.37. The molecule has 1 amide bonds. The normalized spacial score (nSPS) is 35.1. The number of ether oxygens (including phenoxy) is 1. The highest BCUT2D eigenvalue weighted by molar-refractivity contribution is 5.91. The van der Waals surface area contributed by atoms with Crippen molar-refractivity contribution in [3.63, 3.8) is 0 Å². The molecule has 3 fully saturated rings. The zero-order valence-corrected chi connectivity index (χ0v) is 20.0. The zero-order chi connectivity index (χ0) is 23.9. The quantitative estimate of drug-likeness (QED) is 0.645. The number of furan rings is 1. The number of rotatable bonds is 5. The molecule has 1 aromatic carbocycles. The van der Waals surface area contributed by atoms with E-state index in [9.17, 15) is 15.0 Å². The molecule has 1 spiro atoms. The van der Waals surface area contributed by atoms with E-state index in [0.717, 1.165) is 43.0 Å². The molecule has 184 valence electrons. The van der Waals surface area contributed by atoms with Crippen molar-refractivity contribution < 1.29 is 24.2 Å². The number of carbonyl (C=O) groups excluding carboxylic acids is 1. The maximum Gasteiger partial charge on any atom is 0.246 e. The Labute approximate surface area is 205 Å². The molecule has 3 aliphatic carbocycles. The van der Waals surface area contributed by atoms with E-state index in [4.69, 9.17) is 9.15 Å². The van der Waals surface area contributed by atoms with Gasteiger partial charge in [0.25, 0.3) is 0 Å². The van der Waals surface area contributed by atoms with E-state index < -0.39 is 17.1 Å². The first kappa shape index (κ1) is 21.5. The fraction of sp³-hybridized carbons (Fsp3) is 0.536. The Hall–Kier alpha value is -2.77. The second-order valence-electron chi connectivity index (χ2n) is 11.2.